The molecule has 0 bridgehead atoms. The highest BCUT2D eigenvalue weighted by Crippen LogP contribution is 2.23. The van der Waals surface area contributed by atoms with Crippen LogP contribution in [-0.2, 0) is 7.05 Å². The Balaban J connectivity index is 1.71. The lowest BCUT2D eigenvalue weighted by Gasteiger charge is -2.31. The van der Waals surface area contributed by atoms with Crippen molar-refractivity contribution in [1.29, 1.82) is 0 Å². The Morgan fingerprint density at radius 1 is 1.38 bits per heavy atom. The third kappa shape index (κ3) is 2.39. The molecule has 1 amide bonds. The van der Waals surface area contributed by atoms with Crippen LogP contribution in [0.4, 0.5) is 0 Å². The summed E-state index contributed by atoms with van der Waals surface area (Å²) >= 11 is 0. The van der Waals surface area contributed by atoms with E-state index in [-0.39, 0.29) is 17.6 Å². The number of hydrogen-bond donors (Lipinski definition) is 0. The molecule has 21 heavy (non-hydrogen) atoms. The third-order valence-corrected chi connectivity index (χ3v) is 3.98. The van der Waals surface area contributed by atoms with E-state index in [1.165, 1.54) is 10.9 Å². The minimum Gasteiger partial charge on any atom is -0.459 e. The molecule has 0 aromatic carbocycles. The molecule has 3 heterocycles. The molecule has 1 aliphatic rings. The summed E-state index contributed by atoms with van der Waals surface area (Å²) in [5.74, 6) is 0.996. The Morgan fingerprint density at radius 2 is 2.10 bits per heavy atom. The fourth-order valence-corrected chi connectivity index (χ4v) is 2.91. The van der Waals surface area contributed by atoms with Crippen LogP contribution in [0, 0.1) is 6.92 Å². The number of carbonyl (C=O) groups is 1. The largest absolute Gasteiger partial charge is 0.459 e. The van der Waals surface area contributed by atoms with Gasteiger partial charge < -0.3 is 9.32 Å². The number of hydrogen-bond acceptors (Lipinski definition) is 4. The van der Waals surface area contributed by atoms with E-state index in [9.17, 15) is 9.59 Å². The first-order valence-corrected chi connectivity index (χ1v) is 7.03. The van der Waals surface area contributed by atoms with Gasteiger partial charge in [-0.05, 0) is 31.9 Å². The fourth-order valence-electron chi connectivity index (χ4n) is 2.91. The molecule has 0 unspecified atom stereocenters. The van der Waals surface area contributed by atoms with Crippen molar-refractivity contribution in [3.63, 3.8) is 0 Å². The summed E-state index contributed by atoms with van der Waals surface area (Å²) in [6, 6.07) is 3.48. The lowest BCUT2D eigenvalue weighted by atomic mass is 10.0. The van der Waals surface area contributed by atoms with E-state index in [2.05, 4.69) is 5.10 Å². The Morgan fingerprint density at radius 3 is 2.62 bits per heavy atom. The Kier molecular flexibility index (Phi) is 3.40. The van der Waals surface area contributed by atoms with Gasteiger partial charge in [-0.1, -0.05) is 0 Å². The zero-order valence-electron chi connectivity index (χ0n) is 12.2. The highest BCUT2D eigenvalue weighted by atomic mass is 16.3. The van der Waals surface area contributed by atoms with Gasteiger partial charge in [-0.2, -0.15) is 5.10 Å². The molecule has 1 saturated heterocycles. The summed E-state index contributed by atoms with van der Waals surface area (Å²) in [5.41, 5.74) is -0.0942. The number of amides is 1. The molecule has 1 fully saturated rings. The summed E-state index contributed by atoms with van der Waals surface area (Å²) in [7, 11) is 1.65. The summed E-state index contributed by atoms with van der Waals surface area (Å²) < 4.78 is 8.23. The van der Waals surface area contributed by atoms with E-state index in [1.54, 1.807) is 28.6 Å². The number of likely N-dealkylation sites (tertiary alicyclic amines) is 1. The van der Waals surface area contributed by atoms with E-state index >= 15 is 0 Å². The average molecular weight is 290 g/mol. The van der Waals surface area contributed by atoms with Gasteiger partial charge >= 0.3 is 5.69 Å². The molecule has 0 atom stereocenters. The van der Waals surface area contributed by atoms with Crippen LogP contribution >= 0.6 is 0 Å². The summed E-state index contributed by atoms with van der Waals surface area (Å²) in [6.07, 6.45) is 3.00. The lowest BCUT2D eigenvalue weighted by molar-refractivity contribution is 0.0660. The molecule has 0 saturated carbocycles. The van der Waals surface area contributed by atoms with Gasteiger partial charge in [-0.3, -0.25) is 9.36 Å². The number of aryl methyl sites for hydroxylation is 2. The Labute approximate surface area is 121 Å². The molecule has 7 heteroatoms. The predicted molar refractivity (Wildman–Crippen MR) is 75.1 cm³/mol. The zero-order chi connectivity index (χ0) is 15.0. The van der Waals surface area contributed by atoms with Crippen molar-refractivity contribution in [3.05, 3.63) is 40.5 Å². The smallest absolute Gasteiger partial charge is 0.345 e. The van der Waals surface area contributed by atoms with Crippen LogP contribution in [0.1, 0.15) is 35.3 Å². The van der Waals surface area contributed by atoms with Crippen molar-refractivity contribution >= 4 is 5.91 Å². The van der Waals surface area contributed by atoms with Crippen molar-refractivity contribution in [2.75, 3.05) is 13.1 Å². The minimum atomic E-state index is -0.0942. The zero-order valence-corrected chi connectivity index (χ0v) is 12.2. The highest BCUT2D eigenvalue weighted by molar-refractivity contribution is 5.91. The van der Waals surface area contributed by atoms with Gasteiger partial charge in [-0.25, -0.2) is 9.48 Å². The van der Waals surface area contributed by atoms with Gasteiger partial charge in [0.2, 0.25) is 0 Å². The quantitative estimate of drug-likeness (QED) is 0.826. The number of nitrogens with zero attached hydrogens (tertiary/aromatic N) is 4. The van der Waals surface area contributed by atoms with Gasteiger partial charge in [0.25, 0.3) is 5.91 Å². The van der Waals surface area contributed by atoms with Crippen molar-refractivity contribution in [3.8, 4) is 0 Å². The van der Waals surface area contributed by atoms with Crippen molar-refractivity contribution in [2.45, 2.75) is 25.8 Å². The highest BCUT2D eigenvalue weighted by Gasteiger charge is 2.27. The van der Waals surface area contributed by atoms with E-state index in [0.717, 1.165) is 18.7 Å². The molecule has 0 spiro atoms. The summed E-state index contributed by atoms with van der Waals surface area (Å²) in [4.78, 5) is 26.0. The molecule has 1 aliphatic heterocycles. The molecule has 3 rings (SSSR count). The molecule has 0 N–H and O–H groups in total. The summed E-state index contributed by atoms with van der Waals surface area (Å²) in [6.45, 7) is 3.07. The van der Waals surface area contributed by atoms with Crippen molar-refractivity contribution < 1.29 is 9.21 Å². The second-order valence-corrected chi connectivity index (χ2v) is 5.32. The minimum absolute atomic E-state index is 0.0892. The second kappa shape index (κ2) is 5.23. The van der Waals surface area contributed by atoms with E-state index in [4.69, 9.17) is 4.42 Å². The third-order valence-electron chi connectivity index (χ3n) is 3.98. The van der Waals surface area contributed by atoms with Crippen LogP contribution in [0.5, 0.6) is 0 Å². The van der Waals surface area contributed by atoms with Crippen LogP contribution in [0.2, 0.25) is 0 Å². The number of carbonyl (C=O) groups excluding carboxylic acids is 1. The van der Waals surface area contributed by atoms with Gasteiger partial charge in [0.05, 0.1) is 6.26 Å². The summed E-state index contributed by atoms with van der Waals surface area (Å²) in [5, 5.41) is 4.15. The molecule has 7 nitrogen and oxygen atoms in total. The molecule has 112 valence electrons. The van der Waals surface area contributed by atoms with Gasteiger partial charge in [0, 0.05) is 26.2 Å². The molecular formula is C14H18N4O3. The van der Waals surface area contributed by atoms with E-state index in [1.807, 2.05) is 6.92 Å². The maximum atomic E-state index is 12.2. The lowest BCUT2D eigenvalue weighted by Crippen LogP contribution is -2.41. The monoisotopic (exact) mass is 290 g/mol. The number of furan rings is 1. The normalized spacial score (nSPS) is 16.4. The van der Waals surface area contributed by atoms with Crippen LogP contribution < -0.4 is 5.69 Å². The van der Waals surface area contributed by atoms with Gasteiger partial charge in [0.1, 0.15) is 5.82 Å². The Hall–Kier alpha value is -2.31. The molecule has 2 aromatic rings. The second-order valence-electron chi connectivity index (χ2n) is 5.32. The SMILES string of the molecule is Cc1nn(C)c(=O)n1C1CCN(C(=O)c2ccco2)CC1. The van der Waals surface area contributed by atoms with Crippen LogP contribution in [0.25, 0.3) is 0 Å². The Bertz CT molecular complexity index is 690. The maximum Gasteiger partial charge on any atom is 0.345 e. The van der Waals surface area contributed by atoms with Crippen LogP contribution in [0.15, 0.2) is 27.6 Å². The van der Waals surface area contributed by atoms with Gasteiger partial charge in [0.15, 0.2) is 5.76 Å². The fraction of sp³-hybridized carbons (Fsp3) is 0.500. The molecule has 0 aliphatic carbocycles. The van der Waals surface area contributed by atoms with Gasteiger partial charge in [-0.15, -0.1) is 0 Å². The van der Waals surface area contributed by atoms with Crippen molar-refractivity contribution in [2.24, 2.45) is 7.05 Å². The molecule has 2 aromatic heterocycles. The topological polar surface area (TPSA) is 73.3 Å². The van der Waals surface area contributed by atoms with Crippen LogP contribution in [0.3, 0.4) is 0 Å². The molecular weight excluding hydrogens is 272 g/mol. The van der Waals surface area contributed by atoms with E-state index < -0.39 is 0 Å². The number of aromatic nitrogens is 3. The average Bonchev–Trinajstić information content (AvgIpc) is 3.08. The standard InChI is InChI=1S/C14H18N4O3/c1-10-15-16(2)14(20)18(10)11-5-7-17(8-6-11)13(19)12-4-3-9-21-12/h3-4,9,11H,5-8H2,1-2H3. The van der Waals surface area contributed by atoms with E-state index in [0.29, 0.717) is 18.8 Å². The van der Waals surface area contributed by atoms with Crippen molar-refractivity contribution in [1.82, 2.24) is 19.2 Å². The number of rotatable bonds is 2. The predicted octanol–water partition coefficient (Wildman–Crippen LogP) is 0.961. The first-order valence-electron chi connectivity index (χ1n) is 7.03. The maximum absolute atomic E-state index is 12.2. The number of piperidine rings is 1. The first kappa shape index (κ1) is 13.7. The molecule has 0 radical (unpaired) electrons. The first-order chi connectivity index (χ1) is 10.1. The van der Waals surface area contributed by atoms with Crippen LogP contribution in [-0.4, -0.2) is 38.2 Å².